The van der Waals surface area contributed by atoms with Crippen LogP contribution in [0.5, 0.6) is 0 Å². The lowest BCUT2D eigenvalue weighted by molar-refractivity contribution is 0.0696. The predicted octanol–water partition coefficient (Wildman–Crippen LogP) is 2.87. The molecule has 1 aromatic carbocycles. The van der Waals surface area contributed by atoms with E-state index in [2.05, 4.69) is 26.2 Å². The highest BCUT2D eigenvalue weighted by atomic mass is 79.9. The normalized spacial score (nSPS) is 10.1. The minimum Gasteiger partial charge on any atom is -0.478 e. The Morgan fingerprint density at radius 1 is 1.39 bits per heavy atom. The third-order valence-corrected chi connectivity index (χ3v) is 2.74. The first-order valence-corrected chi connectivity index (χ1v) is 5.87. The van der Waals surface area contributed by atoms with Gasteiger partial charge in [0.25, 0.3) is 0 Å². The van der Waals surface area contributed by atoms with Gasteiger partial charge in [-0.2, -0.15) is 0 Å². The number of benzene rings is 1. The first kappa shape index (κ1) is 12.4. The fraction of sp³-hybridized carbons (Fsp3) is 0. The number of halogens is 1. The lowest BCUT2D eigenvalue weighted by atomic mass is 10.2. The molecule has 5 nitrogen and oxygen atoms in total. The van der Waals surface area contributed by atoms with Crippen LogP contribution in [0.3, 0.4) is 0 Å². The molecule has 1 aromatic heterocycles. The number of aromatic carboxylic acids is 1. The Labute approximate surface area is 112 Å². The van der Waals surface area contributed by atoms with Gasteiger partial charge in [0.2, 0.25) is 0 Å². The van der Waals surface area contributed by atoms with Gasteiger partial charge in [-0.1, -0.05) is 22.0 Å². The first-order valence-electron chi connectivity index (χ1n) is 5.07. The third kappa shape index (κ3) is 2.78. The number of hydrogen-bond acceptors (Lipinski definition) is 4. The maximum atomic E-state index is 10.7. The minimum atomic E-state index is -1.05. The number of carboxylic acids is 1. The van der Waals surface area contributed by atoms with E-state index in [1.54, 1.807) is 0 Å². The van der Waals surface area contributed by atoms with Crippen LogP contribution >= 0.6 is 15.9 Å². The molecule has 0 aliphatic heterocycles. The Morgan fingerprint density at radius 2 is 2.17 bits per heavy atom. The van der Waals surface area contributed by atoms with Crippen molar-refractivity contribution in [3.05, 3.63) is 46.6 Å². The number of nitrogen functional groups attached to an aromatic ring is 1. The summed E-state index contributed by atoms with van der Waals surface area (Å²) in [7, 11) is 0. The molecule has 18 heavy (non-hydrogen) atoms. The lowest BCUT2D eigenvalue weighted by Gasteiger charge is -2.09. The Bertz CT molecular complexity index is 602. The van der Waals surface area contributed by atoms with E-state index in [0.717, 1.165) is 10.2 Å². The molecule has 0 fully saturated rings. The molecule has 2 aromatic rings. The number of rotatable bonds is 3. The number of nitrogens with one attached hydrogen (secondary N) is 1. The summed E-state index contributed by atoms with van der Waals surface area (Å²) in [5.74, 6) is -0.624. The zero-order valence-corrected chi connectivity index (χ0v) is 10.8. The van der Waals surface area contributed by atoms with E-state index in [4.69, 9.17) is 10.8 Å². The summed E-state index contributed by atoms with van der Waals surface area (Å²) in [4.78, 5) is 14.7. The van der Waals surface area contributed by atoms with Crippen molar-refractivity contribution >= 4 is 39.1 Å². The second-order valence-corrected chi connectivity index (χ2v) is 4.52. The largest absolute Gasteiger partial charge is 0.478 e. The molecule has 0 amide bonds. The van der Waals surface area contributed by atoms with Crippen molar-refractivity contribution in [1.82, 2.24) is 4.98 Å². The van der Waals surface area contributed by atoms with Gasteiger partial charge in [-0.3, -0.25) is 0 Å². The number of nitrogens with zero attached hydrogens (tertiary/aromatic N) is 1. The van der Waals surface area contributed by atoms with Crippen molar-refractivity contribution in [2.75, 3.05) is 11.1 Å². The average Bonchev–Trinajstić information content (AvgIpc) is 2.31. The first-order chi connectivity index (χ1) is 8.56. The van der Waals surface area contributed by atoms with Crippen LogP contribution in [0.15, 0.2) is 41.0 Å². The van der Waals surface area contributed by atoms with Crippen molar-refractivity contribution in [3.63, 3.8) is 0 Å². The summed E-state index contributed by atoms with van der Waals surface area (Å²) in [6.45, 7) is 0. The number of aromatic nitrogens is 1. The number of pyridine rings is 1. The monoisotopic (exact) mass is 307 g/mol. The van der Waals surface area contributed by atoms with Gasteiger partial charge < -0.3 is 16.2 Å². The highest BCUT2D eigenvalue weighted by Gasteiger charge is 2.07. The van der Waals surface area contributed by atoms with Crippen LogP contribution in [0.25, 0.3) is 0 Å². The Morgan fingerprint density at radius 3 is 2.78 bits per heavy atom. The van der Waals surface area contributed by atoms with Crippen molar-refractivity contribution in [2.45, 2.75) is 0 Å². The Kier molecular flexibility index (Phi) is 3.47. The van der Waals surface area contributed by atoms with Crippen molar-refractivity contribution < 1.29 is 9.90 Å². The van der Waals surface area contributed by atoms with E-state index in [9.17, 15) is 4.79 Å². The summed E-state index contributed by atoms with van der Waals surface area (Å²) < 4.78 is 0.924. The molecule has 0 radical (unpaired) electrons. The molecule has 6 heteroatoms. The molecule has 2 rings (SSSR count). The topological polar surface area (TPSA) is 88.2 Å². The Hall–Kier alpha value is -2.08. The molecule has 1 heterocycles. The third-order valence-electron chi connectivity index (χ3n) is 2.25. The SMILES string of the molecule is Nc1cc(C(=O)O)cnc1Nc1cccc(Br)c1. The van der Waals surface area contributed by atoms with Crippen molar-refractivity contribution in [3.8, 4) is 0 Å². The molecule has 92 valence electrons. The summed E-state index contributed by atoms with van der Waals surface area (Å²) in [6.07, 6.45) is 1.26. The van der Waals surface area contributed by atoms with E-state index < -0.39 is 5.97 Å². The molecule has 0 atom stereocenters. The molecule has 0 saturated heterocycles. The molecule has 4 N–H and O–H groups in total. The maximum absolute atomic E-state index is 10.7. The standard InChI is InChI=1S/C12H10BrN3O2/c13-8-2-1-3-9(5-8)16-11-10(14)4-7(6-15-11)12(17)18/h1-6H,14H2,(H,15,16)(H,17,18). The van der Waals surface area contributed by atoms with Gasteiger partial charge in [0.05, 0.1) is 11.3 Å². The second kappa shape index (κ2) is 5.05. The fourth-order valence-corrected chi connectivity index (χ4v) is 1.81. The molecule has 0 unspecified atom stereocenters. The minimum absolute atomic E-state index is 0.0623. The summed E-state index contributed by atoms with van der Waals surface area (Å²) >= 11 is 3.36. The van der Waals surface area contributed by atoms with Gasteiger partial charge in [-0.05, 0) is 24.3 Å². The molecule has 0 aliphatic rings. The smallest absolute Gasteiger partial charge is 0.337 e. The van der Waals surface area contributed by atoms with Crippen LogP contribution in [-0.4, -0.2) is 16.1 Å². The van der Waals surface area contributed by atoms with Crippen LogP contribution in [0.1, 0.15) is 10.4 Å². The van der Waals surface area contributed by atoms with E-state index >= 15 is 0 Å². The summed E-state index contributed by atoms with van der Waals surface area (Å²) in [6, 6.07) is 8.86. The van der Waals surface area contributed by atoms with E-state index in [-0.39, 0.29) is 11.3 Å². The van der Waals surface area contributed by atoms with E-state index in [0.29, 0.717) is 5.82 Å². The van der Waals surface area contributed by atoms with E-state index in [1.165, 1.54) is 12.3 Å². The van der Waals surface area contributed by atoms with Crippen LogP contribution < -0.4 is 11.1 Å². The van der Waals surface area contributed by atoms with Crippen LogP contribution in [0.4, 0.5) is 17.2 Å². The highest BCUT2D eigenvalue weighted by Crippen LogP contribution is 2.23. The van der Waals surface area contributed by atoms with Gasteiger partial charge in [-0.25, -0.2) is 9.78 Å². The quantitative estimate of drug-likeness (QED) is 0.811. The molecule has 0 saturated carbocycles. The van der Waals surface area contributed by atoms with Crippen LogP contribution in [0.2, 0.25) is 0 Å². The summed E-state index contributed by atoms with van der Waals surface area (Å²) in [5.41, 5.74) is 6.91. The zero-order chi connectivity index (χ0) is 13.1. The Balaban J connectivity index is 2.27. The fourth-order valence-electron chi connectivity index (χ4n) is 1.41. The van der Waals surface area contributed by atoms with Crippen LogP contribution in [-0.2, 0) is 0 Å². The molecule has 0 spiro atoms. The van der Waals surface area contributed by atoms with Gasteiger partial charge in [0, 0.05) is 16.4 Å². The lowest BCUT2D eigenvalue weighted by Crippen LogP contribution is -2.03. The number of anilines is 3. The maximum Gasteiger partial charge on any atom is 0.337 e. The van der Waals surface area contributed by atoms with Gasteiger partial charge in [-0.15, -0.1) is 0 Å². The zero-order valence-electron chi connectivity index (χ0n) is 9.22. The second-order valence-electron chi connectivity index (χ2n) is 3.60. The number of carboxylic acid groups (broad SMARTS) is 1. The number of carbonyl (C=O) groups is 1. The van der Waals surface area contributed by atoms with Crippen molar-refractivity contribution in [1.29, 1.82) is 0 Å². The number of hydrogen-bond donors (Lipinski definition) is 3. The average molecular weight is 308 g/mol. The van der Waals surface area contributed by atoms with Crippen LogP contribution in [0, 0.1) is 0 Å². The van der Waals surface area contributed by atoms with Gasteiger partial charge in [0.15, 0.2) is 5.82 Å². The predicted molar refractivity (Wildman–Crippen MR) is 73.0 cm³/mol. The van der Waals surface area contributed by atoms with Gasteiger partial charge >= 0.3 is 5.97 Å². The molecule has 0 aliphatic carbocycles. The highest BCUT2D eigenvalue weighted by molar-refractivity contribution is 9.10. The molecule has 0 bridgehead atoms. The molecular weight excluding hydrogens is 298 g/mol. The summed E-state index contributed by atoms with van der Waals surface area (Å²) in [5, 5.41) is 11.8. The van der Waals surface area contributed by atoms with E-state index in [1.807, 2.05) is 24.3 Å². The van der Waals surface area contributed by atoms with Crippen molar-refractivity contribution in [2.24, 2.45) is 0 Å². The molecular formula is C12H10BrN3O2. The number of nitrogens with two attached hydrogens (primary N) is 1. The van der Waals surface area contributed by atoms with Gasteiger partial charge in [0.1, 0.15) is 0 Å².